The first kappa shape index (κ1) is 14.0. The molecule has 3 N–H and O–H groups in total. The summed E-state index contributed by atoms with van der Waals surface area (Å²) in [4.78, 5) is 0. The molecule has 1 aliphatic heterocycles. The lowest BCUT2D eigenvalue weighted by Gasteiger charge is -2.38. The van der Waals surface area contributed by atoms with Gasteiger partial charge in [0, 0.05) is 17.3 Å². The highest BCUT2D eigenvalue weighted by Crippen LogP contribution is 2.51. The summed E-state index contributed by atoms with van der Waals surface area (Å²) in [6, 6.07) is 12.1. The highest BCUT2D eigenvalue weighted by Gasteiger charge is 2.38. The van der Waals surface area contributed by atoms with Crippen molar-refractivity contribution in [1.82, 2.24) is 0 Å². The van der Waals surface area contributed by atoms with Crippen LogP contribution in [0.5, 0.6) is 0 Å². The van der Waals surface area contributed by atoms with Gasteiger partial charge < -0.3 is 11.1 Å². The predicted molar refractivity (Wildman–Crippen MR) is 93.7 cm³/mol. The van der Waals surface area contributed by atoms with Gasteiger partial charge in [0.1, 0.15) is 0 Å². The van der Waals surface area contributed by atoms with Gasteiger partial charge in [0.05, 0.1) is 16.1 Å². The van der Waals surface area contributed by atoms with E-state index in [1.807, 2.05) is 18.2 Å². The first-order valence-corrected chi connectivity index (χ1v) is 8.17. The number of halogens is 2. The second-order valence-corrected chi connectivity index (χ2v) is 6.75. The number of nitrogen functional groups attached to an aromatic ring is 1. The molecule has 112 valence electrons. The van der Waals surface area contributed by atoms with E-state index in [0.717, 1.165) is 23.4 Å². The fourth-order valence-corrected chi connectivity index (χ4v) is 4.11. The summed E-state index contributed by atoms with van der Waals surface area (Å²) in [7, 11) is 0. The van der Waals surface area contributed by atoms with E-state index in [1.165, 1.54) is 5.56 Å². The van der Waals surface area contributed by atoms with Gasteiger partial charge >= 0.3 is 0 Å². The molecule has 2 aromatic rings. The molecule has 22 heavy (non-hydrogen) atoms. The zero-order valence-corrected chi connectivity index (χ0v) is 13.4. The van der Waals surface area contributed by atoms with Crippen LogP contribution in [-0.4, -0.2) is 0 Å². The topological polar surface area (TPSA) is 38.0 Å². The Morgan fingerprint density at radius 2 is 1.95 bits per heavy atom. The summed E-state index contributed by atoms with van der Waals surface area (Å²) in [6.07, 6.45) is 5.56. The van der Waals surface area contributed by atoms with Gasteiger partial charge in [0.2, 0.25) is 0 Å². The second kappa shape index (κ2) is 5.22. The Kier molecular flexibility index (Phi) is 3.32. The lowest BCUT2D eigenvalue weighted by Crippen LogP contribution is -2.29. The number of anilines is 2. The van der Waals surface area contributed by atoms with E-state index in [0.29, 0.717) is 21.9 Å². The van der Waals surface area contributed by atoms with Crippen molar-refractivity contribution in [2.24, 2.45) is 5.92 Å². The molecule has 0 radical (unpaired) electrons. The summed E-state index contributed by atoms with van der Waals surface area (Å²) in [5, 5.41) is 4.89. The summed E-state index contributed by atoms with van der Waals surface area (Å²) < 4.78 is 0. The number of nitrogens with two attached hydrogens (primary N) is 1. The smallest absolute Gasteiger partial charge is 0.0645 e. The van der Waals surface area contributed by atoms with Gasteiger partial charge in [-0.2, -0.15) is 0 Å². The molecule has 0 spiro atoms. The minimum atomic E-state index is 0.155. The molecular weight excluding hydrogens is 315 g/mol. The van der Waals surface area contributed by atoms with E-state index in [9.17, 15) is 0 Å². The number of fused-ring (bicyclic) bond motifs is 3. The molecule has 0 amide bonds. The number of hydrogen-bond acceptors (Lipinski definition) is 2. The zero-order valence-electron chi connectivity index (χ0n) is 11.9. The van der Waals surface area contributed by atoms with E-state index in [1.54, 1.807) is 0 Å². The quantitative estimate of drug-likeness (QED) is 0.542. The van der Waals surface area contributed by atoms with Crippen LogP contribution in [0.2, 0.25) is 10.0 Å². The molecule has 0 unspecified atom stereocenters. The van der Waals surface area contributed by atoms with E-state index in [-0.39, 0.29) is 6.04 Å². The Labute approximate surface area is 139 Å². The average Bonchev–Trinajstić information content (AvgIpc) is 2.99. The van der Waals surface area contributed by atoms with E-state index >= 15 is 0 Å². The molecule has 4 rings (SSSR count). The molecule has 3 atom stereocenters. The van der Waals surface area contributed by atoms with Crippen molar-refractivity contribution in [3.05, 3.63) is 69.7 Å². The number of rotatable bonds is 1. The van der Waals surface area contributed by atoms with Gasteiger partial charge in [-0.15, -0.1) is 0 Å². The van der Waals surface area contributed by atoms with Gasteiger partial charge in [-0.1, -0.05) is 47.5 Å². The molecule has 4 heteroatoms. The highest BCUT2D eigenvalue weighted by molar-refractivity contribution is 6.42. The number of nitrogens with one attached hydrogen (secondary N) is 1. The maximum atomic E-state index is 6.46. The molecule has 1 heterocycles. The normalized spacial score (nSPS) is 25.5. The molecule has 2 nitrogen and oxygen atoms in total. The molecule has 2 aliphatic rings. The first-order chi connectivity index (χ1) is 10.6. The van der Waals surface area contributed by atoms with Gasteiger partial charge in [0.25, 0.3) is 0 Å². The van der Waals surface area contributed by atoms with Crippen LogP contribution in [0, 0.1) is 5.92 Å². The van der Waals surface area contributed by atoms with E-state index in [2.05, 4.69) is 35.7 Å². The van der Waals surface area contributed by atoms with Crippen molar-refractivity contribution in [1.29, 1.82) is 0 Å². The van der Waals surface area contributed by atoms with Crippen LogP contribution in [0.15, 0.2) is 48.6 Å². The van der Waals surface area contributed by atoms with Crippen LogP contribution in [0.25, 0.3) is 0 Å². The summed E-state index contributed by atoms with van der Waals surface area (Å²) in [6.45, 7) is 0. The second-order valence-electron chi connectivity index (χ2n) is 5.97. The molecule has 1 aliphatic carbocycles. The van der Waals surface area contributed by atoms with Gasteiger partial charge in [-0.3, -0.25) is 0 Å². The van der Waals surface area contributed by atoms with Crippen molar-refractivity contribution in [2.75, 3.05) is 11.1 Å². The minimum Gasteiger partial charge on any atom is -0.399 e. The molecular formula is C18H16Cl2N2. The number of benzene rings is 2. The Morgan fingerprint density at radius 1 is 1.09 bits per heavy atom. The predicted octanol–water partition coefficient (Wildman–Crippen LogP) is 5.40. The lowest BCUT2D eigenvalue weighted by atomic mass is 9.77. The Hall–Kier alpha value is -1.64. The molecule has 0 saturated heterocycles. The number of allylic oxidation sites excluding steroid dienone is 2. The van der Waals surface area contributed by atoms with Crippen molar-refractivity contribution < 1.29 is 0 Å². The van der Waals surface area contributed by atoms with Crippen molar-refractivity contribution in [2.45, 2.75) is 18.4 Å². The van der Waals surface area contributed by atoms with Crippen LogP contribution in [0.4, 0.5) is 11.4 Å². The van der Waals surface area contributed by atoms with Crippen LogP contribution < -0.4 is 11.1 Å². The Bertz CT molecular complexity index is 770. The van der Waals surface area contributed by atoms with E-state index in [4.69, 9.17) is 28.9 Å². The monoisotopic (exact) mass is 330 g/mol. The fraction of sp³-hybridized carbons (Fsp3) is 0.222. The lowest BCUT2D eigenvalue weighted by molar-refractivity contribution is 0.426. The molecule has 0 aromatic heterocycles. The van der Waals surface area contributed by atoms with Crippen molar-refractivity contribution in [3.63, 3.8) is 0 Å². The van der Waals surface area contributed by atoms with Crippen LogP contribution >= 0.6 is 23.2 Å². The maximum Gasteiger partial charge on any atom is 0.0645 e. The maximum absolute atomic E-state index is 6.46. The van der Waals surface area contributed by atoms with E-state index < -0.39 is 0 Å². The third-order valence-corrected chi connectivity index (χ3v) is 5.54. The molecule has 0 bridgehead atoms. The Morgan fingerprint density at radius 3 is 2.82 bits per heavy atom. The van der Waals surface area contributed by atoms with Crippen molar-refractivity contribution in [3.8, 4) is 0 Å². The van der Waals surface area contributed by atoms with Gasteiger partial charge in [-0.05, 0) is 47.7 Å². The third-order valence-electron chi connectivity index (χ3n) is 4.70. The van der Waals surface area contributed by atoms with Crippen LogP contribution in [0.3, 0.4) is 0 Å². The van der Waals surface area contributed by atoms with Crippen LogP contribution in [0.1, 0.15) is 29.5 Å². The Balaban J connectivity index is 1.83. The SMILES string of the molecule is Nc1ccc2c(c1)[C@@H]1C=CC[C@@H]1[C@H](c1cccc(Cl)c1Cl)N2. The summed E-state index contributed by atoms with van der Waals surface area (Å²) in [5.74, 6) is 0.810. The standard InChI is InChI=1S/C18H16Cl2N2/c19-15-6-2-5-13(17(15)20)18-12-4-1-3-11(12)14-9-10(21)7-8-16(14)22-18/h1-3,5-9,11-12,18,22H,4,21H2/t11-,12+,18-/m1/s1. The molecule has 0 saturated carbocycles. The zero-order chi connectivity index (χ0) is 15.3. The first-order valence-electron chi connectivity index (χ1n) is 7.41. The average molecular weight is 331 g/mol. The van der Waals surface area contributed by atoms with Crippen LogP contribution in [-0.2, 0) is 0 Å². The minimum absolute atomic E-state index is 0.155. The third kappa shape index (κ3) is 2.10. The molecule has 0 fully saturated rings. The number of hydrogen-bond donors (Lipinski definition) is 2. The van der Waals surface area contributed by atoms with Gasteiger partial charge in [0.15, 0.2) is 0 Å². The van der Waals surface area contributed by atoms with Gasteiger partial charge in [-0.25, -0.2) is 0 Å². The molecule has 2 aromatic carbocycles. The summed E-state index contributed by atoms with van der Waals surface area (Å²) in [5.41, 5.74) is 10.2. The van der Waals surface area contributed by atoms with Crippen molar-refractivity contribution >= 4 is 34.6 Å². The largest absolute Gasteiger partial charge is 0.399 e. The summed E-state index contributed by atoms with van der Waals surface area (Å²) >= 11 is 12.7. The highest BCUT2D eigenvalue weighted by atomic mass is 35.5. The fourth-order valence-electron chi connectivity index (χ4n) is 3.68.